The molecule has 1 aliphatic rings. The number of halogens is 1. The van der Waals surface area contributed by atoms with Crippen LogP contribution in [0.25, 0.3) is 0 Å². The highest BCUT2D eigenvalue weighted by Crippen LogP contribution is 2.28. The van der Waals surface area contributed by atoms with Gasteiger partial charge in [0.25, 0.3) is 5.91 Å². The lowest BCUT2D eigenvalue weighted by atomic mass is 9.86. The lowest BCUT2D eigenvalue weighted by Crippen LogP contribution is -2.37. The number of nitrogens with one attached hydrogen (secondary N) is 2. The first-order valence-electron chi connectivity index (χ1n) is 10.3. The molecule has 1 aromatic heterocycles. The van der Waals surface area contributed by atoms with Gasteiger partial charge in [0.15, 0.2) is 5.69 Å². The highest BCUT2D eigenvalue weighted by Gasteiger charge is 2.25. The Morgan fingerprint density at radius 2 is 1.60 bits per heavy atom. The van der Waals surface area contributed by atoms with Crippen molar-refractivity contribution in [2.75, 3.05) is 13.1 Å². The van der Waals surface area contributed by atoms with Gasteiger partial charge in [-0.15, -0.1) is 17.5 Å². The first kappa shape index (κ1) is 22.0. The van der Waals surface area contributed by atoms with E-state index in [2.05, 4.69) is 45.2 Å². The van der Waals surface area contributed by atoms with Crippen LogP contribution < -0.4 is 10.6 Å². The van der Waals surface area contributed by atoms with E-state index >= 15 is 0 Å². The molecule has 2 heterocycles. The van der Waals surface area contributed by atoms with E-state index in [-0.39, 0.29) is 30.3 Å². The second-order valence-electron chi connectivity index (χ2n) is 7.63. The molecule has 1 fully saturated rings. The molecule has 2 aromatic carbocycles. The predicted octanol–water partition coefficient (Wildman–Crippen LogP) is 3.57. The molecule has 1 saturated heterocycles. The molecule has 0 saturated carbocycles. The van der Waals surface area contributed by atoms with Crippen LogP contribution in [0.1, 0.15) is 53.3 Å². The molecule has 4 rings (SSSR count). The Balaban J connectivity index is 0.00000256. The van der Waals surface area contributed by atoms with Gasteiger partial charge in [-0.2, -0.15) is 0 Å². The van der Waals surface area contributed by atoms with Crippen molar-refractivity contribution in [3.63, 3.8) is 0 Å². The molecule has 0 bridgehead atoms. The van der Waals surface area contributed by atoms with E-state index in [9.17, 15) is 4.79 Å². The van der Waals surface area contributed by atoms with Crippen molar-refractivity contribution < 1.29 is 4.79 Å². The van der Waals surface area contributed by atoms with Gasteiger partial charge >= 0.3 is 0 Å². The minimum Gasteiger partial charge on any atom is -0.347 e. The van der Waals surface area contributed by atoms with E-state index in [0.29, 0.717) is 11.7 Å². The molecular weight excluding hydrogens is 398 g/mol. The smallest absolute Gasteiger partial charge is 0.273 e. The molecule has 0 spiro atoms. The predicted molar refractivity (Wildman–Crippen MR) is 120 cm³/mol. The highest BCUT2D eigenvalue weighted by molar-refractivity contribution is 5.92. The molecule has 3 aromatic rings. The Bertz CT molecular complexity index is 886. The van der Waals surface area contributed by atoms with Crippen LogP contribution in [-0.4, -0.2) is 40.0 Å². The number of rotatable bonds is 6. The normalized spacial score (nSPS) is 15.4. The maximum atomic E-state index is 12.9. The monoisotopic (exact) mass is 425 g/mol. The summed E-state index contributed by atoms with van der Waals surface area (Å²) in [5, 5.41) is 14.8. The summed E-state index contributed by atoms with van der Waals surface area (Å²) in [6.45, 7) is 3.98. The van der Waals surface area contributed by atoms with E-state index in [1.54, 1.807) is 6.20 Å². The Labute approximate surface area is 183 Å². The molecule has 6 nitrogen and oxygen atoms in total. The summed E-state index contributed by atoms with van der Waals surface area (Å²) in [5.74, 6) is -0.129. The zero-order valence-electron chi connectivity index (χ0n) is 17.1. The van der Waals surface area contributed by atoms with E-state index < -0.39 is 0 Å². The van der Waals surface area contributed by atoms with Gasteiger partial charge in [-0.3, -0.25) is 4.79 Å². The lowest BCUT2D eigenvalue weighted by Gasteiger charge is -2.26. The fourth-order valence-corrected chi connectivity index (χ4v) is 4.09. The van der Waals surface area contributed by atoms with Crippen LogP contribution in [0.3, 0.4) is 0 Å². The summed E-state index contributed by atoms with van der Waals surface area (Å²) in [7, 11) is 0. The van der Waals surface area contributed by atoms with Gasteiger partial charge < -0.3 is 10.6 Å². The van der Waals surface area contributed by atoms with Gasteiger partial charge in [0.1, 0.15) is 0 Å². The average Bonchev–Trinajstić information content (AvgIpc) is 3.27. The molecule has 158 valence electrons. The van der Waals surface area contributed by atoms with Crippen molar-refractivity contribution in [1.82, 2.24) is 25.6 Å². The number of nitrogens with zero attached hydrogens (tertiary/aromatic N) is 3. The molecule has 0 radical (unpaired) electrons. The van der Waals surface area contributed by atoms with Crippen LogP contribution in [0, 0.1) is 0 Å². The minimum atomic E-state index is -0.186. The SMILES string of the molecule is CC(NC(=O)c1cn(C2CCNCC2)nn1)C(c1ccccc1)c1ccccc1.Cl. The Kier molecular flexibility index (Phi) is 7.60. The second-order valence-corrected chi connectivity index (χ2v) is 7.63. The van der Waals surface area contributed by atoms with E-state index in [1.807, 2.05) is 48.0 Å². The summed E-state index contributed by atoms with van der Waals surface area (Å²) >= 11 is 0. The highest BCUT2D eigenvalue weighted by atomic mass is 35.5. The van der Waals surface area contributed by atoms with Gasteiger partial charge in [0, 0.05) is 12.0 Å². The summed E-state index contributed by atoms with van der Waals surface area (Å²) in [4.78, 5) is 12.9. The molecule has 0 aliphatic carbocycles. The number of piperidine rings is 1. The second kappa shape index (κ2) is 10.4. The van der Waals surface area contributed by atoms with Crippen molar-refractivity contribution in [3.8, 4) is 0 Å². The van der Waals surface area contributed by atoms with Crippen molar-refractivity contribution in [2.24, 2.45) is 0 Å². The summed E-state index contributed by atoms with van der Waals surface area (Å²) in [5.41, 5.74) is 2.71. The first-order chi connectivity index (χ1) is 14.2. The van der Waals surface area contributed by atoms with Crippen LogP contribution in [0.4, 0.5) is 0 Å². The quantitative estimate of drug-likeness (QED) is 0.633. The van der Waals surface area contributed by atoms with Gasteiger partial charge in [0.2, 0.25) is 0 Å². The van der Waals surface area contributed by atoms with E-state index in [0.717, 1.165) is 25.9 Å². The van der Waals surface area contributed by atoms with Crippen LogP contribution in [0.5, 0.6) is 0 Å². The molecule has 30 heavy (non-hydrogen) atoms. The molecular formula is C23H28ClN5O. The van der Waals surface area contributed by atoms with Gasteiger partial charge in [0.05, 0.1) is 12.2 Å². The van der Waals surface area contributed by atoms with Gasteiger partial charge in [-0.25, -0.2) is 4.68 Å². The molecule has 1 atom stereocenters. The van der Waals surface area contributed by atoms with Crippen molar-refractivity contribution in [1.29, 1.82) is 0 Å². The third-order valence-electron chi connectivity index (χ3n) is 5.60. The first-order valence-corrected chi connectivity index (χ1v) is 10.3. The van der Waals surface area contributed by atoms with Crippen LogP contribution >= 0.6 is 12.4 Å². The van der Waals surface area contributed by atoms with Crippen LogP contribution in [0.15, 0.2) is 66.9 Å². The standard InChI is InChI=1S/C23H27N5O.ClH/c1-17(22(18-8-4-2-5-9-18)19-10-6-3-7-11-19)25-23(29)21-16-28(27-26-21)20-12-14-24-15-13-20;/h2-11,16-17,20,22,24H,12-15H2,1H3,(H,25,29);1H. The molecule has 1 amide bonds. The van der Waals surface area contributed by atoms with Gasteiger partial charge in [-0.1, -0.05) is 65.9 Å². The average molecular weight is 426 g/mol. The fourth-order valence-electron chi connectivity index (χ4n) is 4.09. The Hall–Kier alpha value is -2.70. The largest absolute Gasteiger partial charge is 0.347 e. The molecule has 2 N–H and O–H groups in total. The molecule has 1 aliphatic heterocycles. The van der Waals surface area contributed by atoms with E-state index in [1.165, 1.54) is 11.1 Å². The summed E-state index contributed by atoms with van der Waals surface area (Å²) in [6.07, 6.45) is 3.79. The molecule has 1 unspecified atom stereocenters. The maximum absolute atomic E-state index is 12.9. The minimum absolute atomic E-state index is 0. The van der Waals surface area contributed by atoms with Crippen molar-refractivity contribution in [3.05, 3.63) is 83.7 Å². The number of hydrogen-bond donors (Lipinski definition) is 2. The number of carbonyl (C=O) groups is 1. The molecule has 7 heteroatoms. The van der Waals surface area contributed by atoms with Crippen molar-refractivity contribution >= 4 is 18.3 Å². The number of aromatic nitrogens is 3. The zero-order valence-corrected chi connectivity index (χ0v) is 17.9. The third-order valence-corrected chi connectivity index (χ3v) is 5.60. The third kappa shape index (κ3) is 5.07. The fraction of sp³-hybridized carbons (Fsp3) is 0.348. The number of benzene rings is 2. The topological polar surface area (TPSA) is 71.8 Å². The Morgan fingerprint density at radius 3 is 2.17 bits per heavy atom. The number of amides is 1. The van der Waals surface area contributed by atoms with Crippen LogP contribution in [-0.2, 0) is 0 Å². The summed E-state index contributed by atoms with van der Waals surface area (Å²) in [6, 6.07) is 20.8. The Morgan fingerprint density at radius 1 is 1.03 bits per heavy atom. The van der Waals surface area contributed by atoms with Gasteiger partial charge in [-0.05, 0) is 44.0 Å². The zero-order chi connectivity index (χ0) is 20.1. The van der Waals surface area contributed by atoms with E-state index in [4.69, 9.17) is 0 Å². The maximum Gasteiger partial charge on any atom is 0.273 e. The lowest BCUT2D eigenvalue weighted by molar-refractivity contribution is 0.0932. The van der Waals surface area contributed by atoms with Crippen molar-refractivity contribution in [2.45, 2.75) is 37.8 Å². The number of hydrogen-bond acceptors (Lipinski definition) is 4. The number of carbonyl (C=O) groups excluding carboxylic acids is 1. The summed E-state index contributed by atoms with van der Waals surface area (Å²) < 4.78 is 1.84. The van der Waals surface area contributed by atoms with Crippen LogP contribution in [0.2, 0.25) is 0 Å².